The van der Waals surface area contributed by atoms with Gasteiger partial charge in [-0.2, -0.15) is 0 Å². The summed E-state index contributed by atoms with van der Waals surface area (Å²) >= 11 is 0. The van der Waals surface area contributed by atoms with Gasteiger partial charge < -0.3 is 10.2 Å². The van der Waals surface area contributed by atoms with E-state index in [0.29, 0.717) is 31.3 Å². The van der Waals surface area contributed by atoms with E-state index in [9.17, 15) is 15.0 Å². The molecule has 0 aromatic carbocycles. The summed E-state index contributed by atoms with van der Waals surface area (Å²) in [6.07, 6.45) is 3.71. The fourth-order valence-electron chi connectivity index (χ4n) is 3.05. The van der Waals surface area contributed by atoms with Gasteiger partial charge in [0, 0.05) is 12.3 Å². The molecule has 0 saturated heterocycles. The second-order valence-electron chi connectivity index (χ2n) is 5.17. The molecule has 0 heterocycles. The zero-order valence-corrected chi connectivity index (χ0v) is 9.29. The van der Waals surface area contributed by atoms with Gasteiger partial charge in [-0.25, -0.2) is 0 Å². The highest BCUT2D eigenvalue weighted by molar-refractivity contribution is 5.91. The summed E-state index contributed by atoms with van der Waals surface area (Å²) in [5.74, 6) is -0.140. The van der Waals surface area contributed by atoms with E-state index in [-0.39, 0.29) is 11.7 Å². The first-order valence-electron chi connectivity index (χ1n) is 5.52. The molecule has 0 bridgehead atoms. The third-order valence-corrected chi connectivity index (χ3v) is 4.08. The van der Waals surface area contributed by atoms with Crippen LogP contribution in [0.2, 0.25) is 0 Å². The molecule has 2 N–H and O–H groups in total. The Kier molecular flexibility index (Phi) is 2.28. The monoisotopic (exact) mass is 210 g/mol. The predicted molar refractivity (Wildman–Crippen MR) is 56.3 cm³/mol. The molecule has 0 aromatic rings. The lowest BCUT2D eigenvalue weighted by Gasteiger charge is -2.35. The zero-order chi connectivity index (χ0) is 11.3. The second kappa shape index (κ2) is 3.16. The van der Waals surface area contributed by atoms with Gasteiger partial charge in [0.2, 0.25) is 0 Å². The molecule has 0 amide bonds. The maximum absolute atomic E-state index is 11.4. The standard InChI is InChI=1S/C12H18O3/c1-8-7-9(13)3-4-10-11(2,14)5-6-12(8,10)15/h7,10,14-15H,3-6H2,1-2H3/t10-,11+,12-/m1/s1. The molecule has 0 aromatic heterocycles. The van der Waals surface area contributed by atoms with Crippen molar-refractivity contribution in [3.05, 3.63) is 11.6 Å². The molecule has 1 saturated carbocycles. The third-order valence-electron chi connectivity index (χ3n) is 4.08. The Bertz CT molecular complexity index is 330. The summed E-state index contributed by atoms with van der Waals surface area (Å²) in [4.78, 5) is 11.4. The number of hydrogen-bond donors (Lipinski definition) is 2. The summed E-state index contributed by atoms with van der Waals surface area (Å²) < 4.78 is 0. The van der Waals surface area contributed by atoms with Gasteiger partial charge in [-0.15, -0.1) is 0 Å². The molecular formula is C12H18O3. The Morgan fingerprint density at radius 1 is 1.40 bits per heavy atom. The van der Waals surface area contributed by atoms with Gasteiger partial charge >= 0.3 is 0 Å². The third kappa shape index (κ3) is 1.54. The van der Waals surface area contributed by atoms with Crippen LogP contribution in [0.15, 0.2) is 11.6 Å². The van der Waals surface area contributed by atoms with Crippen molar-refractivity contribution in [3.8, 4) is 0 Å². The Balaban J connectivity index is 2.42. The van der Waals surface area contributed by atoms with Gasteiger partial charge in [-0.1, -0.05) is 0 Å². The van der Waals surface area contributed by atoms with Crippen molar-refractivity contribution in [2.24, 2.45) is 5.92 Å². The molecule has 0 aliphatic heterocycles. The minimum absolute atomic E-state index is 0.0612. The van der Waals surface area contributed by atoms with Crippen LogP contribution in [-0.2, 0) is 4.79 Å². The molecule has 84 valence electrons. The molecule has 1 fully saturated rings. The summed E-state index contributed by atoms with van der Waals surface area (Å²) in [5, 5.41) is 20.7. The van der Waals surface area contributed by atoms with E-state index in [2.05, 4.69) is 0 Å². The van der Waals surface area contributed by atoms with Crippen LogP contribution in [0.25, 0.3) is 0 Å². The van der Waals surface area contributed by atoms with Crippen LogP contribution in [0.4, 0.5) is 0 Å². The van der Waals surface area contributed by atoms with E-state index in [4.69, 9.17) is 0 Å². The number of aliphatic hydroxyl groups is 2. The van der Waals surface area contributed by atoms with E-state index in [1.165, 1.54) is 0 Å². The zero-order valence-electron chi connectivity index (χ0n) is 9.29. The van der Waals surface area contributed by atoms with Crippen molar-refractivity contribution in [1.82, 2.24) is 0 Å². The Hall–Kier alpha value is -0.670. The smallest absolute Gasteiger partial charge is 0.155 e. The highest BCUT2D eigenvalue weighted by atomic mass is 16.3. The number of ketones is 1. The van der Waals surface area contributed by atoms with Crippen molar-refractivity contribution in [1.29, 1.82) is 0 Å². The van der Waals surface area contributed by atoms with Crippen LogP contribution < -0.4 is 0 Å². The minimum atomic E-state index is -0.963. The number of allylic oxidation sites excluding steroid dienone is 1. The lowest BCUT2D eigenvalue weighted by Crippen LogP contribution is -2.42. The maximum Gasteiger partial charge on any atom is 0.155 e. The van der Waals surface area contributed by atoms with Gasteiger partial charge in [0.25, 0.3) is 0 Å². The molecule has 2 rings (SSSR count). The summed E-state index contributed by atoms with van der Waals surface area (Å²) in [6.45, 7) is 3.55. The molecule has 0 unspecified atom stereocenters. The van der Waals surface area contributed by atoms with E-state index in [1.54, 1.807) is 19.9 Å². The van der Waals surface area contributed by atoms with Crippen LogP contribution >= 0.6 is 0 Å². The normalized spacial score (nSPS) is 46.0. The molecule has 0 radical (unpaired) electrons. The Labute approximate surface area is 89.8 Å². The molecule has 3 heteroatoms. The molecule has 0 spiro atoms. The first-order valence-corrected chi connectivity index (χ1v) is 5.52. The van der Waals surface area contributed by atoms with Gasteiger partial charge in [0.05, 0.1) is 11.2 Å². The lowest BCUT2D eigenvalue weighted by molar-refractivity contribution is -0.115. The average molecular weight is 210 g/mol. The second-order valence-corrected chi connectivity index (χ2v) is 5.17. The molecule has 3 nitrogen and oxygen atoms in total. The van der Waals surface area contributed by atoms with Crippen molar-refractivity contribution in [3.63, 3.8) is 0 Å². The van der Waals surface area contributed by atoms with Crippen LogP contribution in [0.1, 0.15) is 39.5 Å². The van der Waals surface area contributed by atoms with Crippen LogP contribution in [0.3, 0.4) is 0 Å². The van der Waals surface area contributed by atoms with Crippen LogP contribution in [-0.4, -0.2) is 27.2 Å². The number of rotatable bonds is 0. The van der Waals surface area contributed by atoms with Gasteiger partial charge in [-0.3, -0.25) is 4.79 Å². The molecule has 2 aliphatic rings. The average Bonchev–Trinajstić information content (AvgIpc) is 2.29. The largest absolute Gasteiger partial charge is 0.390 e. The van der Waals surface area contributed by atoms with E-state index in [0.717, 1.165) is 0 Å². The van der Waals surface area contributed by atoms with E-state index >= 15 is 0 Å². The Morgan fingerprint density at radius 3 is 2.73 bits per heavy atom. The summed E-state index contributed by atoms with van der Waals surface area (Å²) in [5.41, 5.74) is -1.09. The maximum atomic E-state index is 11.4. The number of carbonyl (C=O) groups is 1. The van der Waals surface area contributed by atoms with Crippen molar-refractivity contribution < 1.29 is 15.0 Å². The number of fused-ring (bicyclic) bond motifs is 1. The van der Waals surface area contributed by atoms with Crippen molar-refractivity contribution >= 4 is 5.78 Å². The van der Waals surface area contributed by atoms with Crippen LogP contribution in [0, 0.1) is 5.92 Å². The van der Waals surface area contributed by atoms with Gasteiger partial charge in [0.15, 0.2) is 5.78 Å². The lowest BCUT2D eigenvalue weighted by atomic mass is 9.78. The summed E-state index contributed by atoms with van der Waals surface area (Å²) in [6, 6.07) is 0. The fourth-order valence-corrected chi connectivity index (χ4v) is 3.05. The molecule has 2 aliphatic carbocycles. The summed E-state index contributed by atoms with van der Waals surface area (Å²) in [7, 11) is 0. The topological polar surface area (TPSA) is 57.5 Å². The predicted octanol–water partition coefficient (Wildman–Crippen LogP) is 1.19. The molecular weight excluding hydrogens is 192 g/mol. The minimum Gasteiger partial charge on any atom is -0.390 e. The highest BCUT2D eigenvalue weighted by Gasteiger charge is 2.54. The van der Waals surface area contributed by atoms with Gasteiger partial charge in [0.1, 0.15) is 0 Å². The van der Waals surface area contributed by atoms with Gasteiger partial charge in [-0.05, 0) is 44.8 Å². The van der Waals surface area contributed by atoms with E-state index < -0.39 is 11.2 Å². The first-order chi connectivity index (χ1) is 6.86. The van der Waals surface area contributed by atoms with Crippen LogP contribution in [0.5, 0.6) is 0 Å². The van der Waals surface area contributed by atoms with Crippen molar-refractivity contribution in [2.75, 3.05) is 0 Å². The van der Waals surface area contributed by atoms with E-state index in [1.807, 2.05) is 0 Å². The Morgan fingerprint density at radius 2 is 2.07 bits per heavy atom. The highest BCUT2D eigenvalue weighted by Crippen LogP contribution is 2.50. The first kappa shape index (κ1) is 10.8. The fraction of sp³-hybridized carbons (Fsp3) is 0.750. The molecule has 3 atom stereocenters. The SMILES string of the molecule is CC1=CC(=O)CC[C@@H]2[C@@](C)(O)CC[C@@]12O. The molecule has 15 heavy (non-hydrogen) atoms. The van der Waals surface area contributed by atoms with Crippen molar-refractivity contribution in [2.45, 2.75) is 50.7 Å². The number of hydrogen-bond acceptors (Lipinski definition) is 3. The number of carbonyl (C=O) groups excluding carboxylic acids is 1. The quantitative estimate of drug-likeness (QED) is 0.631.